The third kappa shape index (κ3) is 5.28. The first-order chi connectivity index (χ1) is 14.7. The molecular formula is C23H25N3O4S. The van der Waals surface area contributed by atoms with Crippen molar-refractivity contribution in [1.82, 2.24) is 9.62 Å². The summed E-state index contributed by atoms with van der Waals surface area (Å²) in [6.45, 7) is 3.19. The van der Waals surface area contributed by atoms with Crippen molar-refractivity contribution in [2.45, 2.75) is 18.7 Å². The van der Waals surface area contributed by atoms with Gasteiger partial charge >= 0.3 is 0 Å². The highest BCUT2D eigenvalue weighted by atomic mass is 32.2. The summed E-state index contributed by atoms with van der Waals surface area (Å²) in [6, 6.07) is 17.8. The number of carbonyl (C=O) groups excluding carboxylic acids is 2. The zero-order valence-corrected chi connectivity index (χ0v) is 18.5. The van der Waals surface area contributed by atoms with Crippen molar-refractivity contribution >= 4 is 38.3 Å². The van der Waals surface area contributed by atoms with E-state index in [9.17, 15) is 18.0 Å². The van der Waals surface area contributed by atoms with Gasteiger partial charge in [0.05, 0.1) is 18.0 Å². The van der Waals surface area contributed by atoms with Gasteiger partial charge in [0.2, 0.25) is 21.8 Å². The zero-order valence-electron chi connectivity index (χ0n) is 17.7. The monoisotopic (exact) mass is 439 g/mol. The molecule has 0 radical (unpaired) electrons. The third-order valence-electron chi connectivity index (χ3n) is 5.12. The van der Waals surface area contributed by atoms with E-state index in [1.165, 1.54) is 13.1 Å². The summed E-state index contributed by atoms with van der Waals surface area (Å²) in [5.41, 5.74) is 2.67. The molecule has 8 heteroatoms. The van der Waals surface area contributed by atoms with E-state index in [1.807, 2.05) is 50.2 Å². The standard InChI is InChI=1S/C23H25N3O4S/c1-16-7-6-10-21(17(16)2)25-22(27)14-24-23(28)15-26(3)31(29,30)20-12-11-18-8-4-5-9-19(18)13-20/h4-13H,14-15H2,1-3H3,(H,24,28)(H,25,27). The molecule has 0 aliphatic heterocycles. The number of fused-ring (bicyclic) bond motifs is 1. The van der Waals surface area contributed by atoms with Crippen molar-refractivity contribution in [3.05, 3.63) is 71.8 Å². The van der Waals surface area contributed by atoms with Crippen molar-refractivity contribution < 1.29 is 18.0 Å². The molecule has 3 aromatic carbocycles. The number of aryl methyl sites for hydroxylation is 1. The van der Waals surface area contributed by atoms with E-state index in [2.05, 4.69) is 10.6 Å². The zero-order chi connectivity index (χ0) is 22.6. The Bertz CT molecular complexity index is 1240. The Balaban J connectivity index is 1.58. The maximum atomic E-state index is 12.8. The fourth-order valence-corrected chi connectivity index (χ4v) is 4.27. The lowest BCUT2D eigenvalue weighted by Crippen LogP contribution is -2.41. The maximum Gasteiger partial charge on any atom is 0.243 e. The number of rotatable bonds is 7. The first-order valence-corrected chi connectivity index (χ1v) is 11.2. The Morgan fingerprint density at radius 2 is 1.61 bits per heavy atom. The van der Waals surface area contributed by atoms with Crippen LogP contribution in [-0.2, 0) is 19.6 Å². The lowest BCUT2D eigenvalue weighted by Gasteiger charge is -2.17. The van der Waals surface area contributed by atoms with Crippen LogP contribution in [0, 0.1) is 13.8 Å². The molecule has 0 aromatic heterocycles. The van der Waals surface area contributed by atoms with Crippen molar-refractivity contribution in [1.29, 1.82) is 0 Å². The van der Waals surface area contributed by atoms with E-state index in [-0.39, 0.29) is 17.3 Å². The normalized spacial score (nSPS) is 11.5. The van der Waals surface area contributed by atoms with Crippen LogP contribution in [0.3, 0.4) is 0 Å². The number of anilines is 1. The quantitative estimate of drug-likeness (QED) is 0.592. The smallest absolute Gasteiger partial charge is 0.243 e. The van der Waals surface area contributed by atoms with Crippen molar-refractivity contribution in [2.75, 3.05) is 25.5 Å². The second-order valence-electron chi connectivity index (χ2n) is 7.34. The fourth-order valence-electron chi connectivity index (χ4n) is 3.11. The molecule has 31 heavy (non-hydrogen) atoms. The summed E-state index contributed by atoms with van der Waals surface area (Å²) in [5, 5.41) is 6.93. The minimum Gasteiger partial charge on any atom is -0.346 e. The van der Waals surface area contributed by atoms with Crippen LogP contribution in [-0.4, -0.2) is 44.7 Å². The minimum atomic E-state index is -3.85. The van der Waals surface area contributed by atoms with E-state index in [0.29, 0.717) is 5.69 Å². The summed E-state index contributed by atoms with van der Waals surface area (Å²) in [6.07, 6.45) is 0. The molecule has 0 saturated carbocycles. The van der Waals surface area contributed by atoms with Crippen molar-refractivity contribution in [3.63, 3.8) is 0 Å². The SMILES string of the molecule is Cc1cccc(NC(=O)CNC(=O)CN(C)S(=O)(=O)c2ccc3ccccc3c2)c1C. The summed E-state index contributed by atoms with van der Waals surface area (Å²) >= 11 is 0. The lowest BCUT2D eigenvalue weighted by molar-refractivity contribution is -0.124. The van der Waals surface area contributed by atoms with Crippen molar-refractivity contribution in [2.24, 2.45) is 0 Å². The molecular weight excluding hydrogens is 414 g/mol. The highest BCUT2D eigenvalue weighted by Gasteiger charge is 2.23. The first kappa shape index (κ1) is 22.5. The minimum absolute atomic E-state index is 0.106. The van der Waals surface area contributed by atoms with Crippen LogP contribution in [0.4, 0.5) is 5.69 Å². The molecule has 0 saturated heterocycles. The van der Waals surface area contributed by atoms with E-state index < -0.39 is 22.5 Å². The van der Waals surface area contributed by atoms with Gasteiger partial charge in [0.25, 0.3) is 0 Å². The Morgan fingerprint density at radius 3 is 2.35 bits per heavy atom. The molecule has 0 unspecified atom stereocenters. The predicted octanol–water partition coefficient (Wildman–Crippen LogP) is 2.83. The molecule has 3 rings (SSSR count). The number of likely N-dealkylation sites (N-methyl/N-ethyl adjacent to an activating group) is 1. The van der Waals surface area contributed by atoms with Gasteiger partial charge in [-0.15, -0.1) is 0 Å². The molecule has 162 valence electrons. The van der Waals surface area contributed by atoms with Gasteiger partial charge in [-0.05, 0) is 53.9 Å². The van der Waals surface area contributed by atoms with Crippen LogP contribution in [0.25, 0.3) is 10.8 Å². The molecule has 0 fully saturated rings. The topological polar surface area (TPSA) is 95.6 Å². The molecule has 0 spiro atoms. The molecule has 0 aliphatic carbocycles. The van der Waals surface area contributed by atoms with Crippen LogP contribution in [0.2, 0.25) is 0 Å². The molecule has 0 heterocycles. The van der Waals surface area contributed by atoms with Gasteiger partial charge in [-0.3, -0.25) is 9.59 Å². The molecule has 3 aromatic rings. The summed E-state index contributed by atoms with van der Waals surface area (Å²) in [5.74, 6) is -0.954. The van der Waals surface area contributed by atoms with Crippen molar-refractivity contribution in [3.8, 4) is 0 Å². The Kier molecular flexibility index (Phi) is 6.72. The average molecular weight is 440 g/mol. The van der Waals surface area contributed by atoms with Gasteiger partial charge in [0.1, 0.15) is 0 Å². The summed E-state index contributed by atoms with van der Waals surface area (Å²) in [7, 11) is -2.52. The molecule has 0 bridgehead atoms. The van der Waals surface area contributed by atoms with Gasteiger partial charge in [-0.1, -0.05) is 42.5 Å². The van der Waals surface area contributed by atoms with Crippen LogP contribution >= 0.6 is 0 Å². The van der Waals surface area contributed by atoms with Gasteiger partial charge < -0.3 is 10.6 Å². The number of benzene rings is 3. The summed E-state index contributed by atoms with van der Waals surface area (Å²) < 4.78 is 26.6. The molecule has 0 atom stereocenters. The first-order valence-electron chi connectivity index (χ1n) is 9.76. The number of sulfonamides is 1. The number of nitrogens with one attached hydrogen (secondary N) is 2. The van der Waals surface area contributed by atoms with E-state index >= 15 is 0 Å². The van der Waals surface area contributed by atoms with Crippen LogP contribution in [0.5, 0.6) is 0 Å². The fraction of sp³-hybridized carbons (Fsp3) is 0.217. The molecule has 2 amide bonds. The maximum absolute atomic E-state index is 12.8. The highest BCUT2D eigenvalue weighted by molar-refractivity contribution is 7.89. The van der Waals surface area contributed by atoms with E-state index in [0.717, 1.165) is 26.2 Å². The Morgan fingerprint density at radius 1 is 0.903 bits per heavy atom. The van der Waals surface area contributed by atoms with Crippen LogP contribution in [0.1, 0.15) is 11.1 Å². The second kappa shape index (κ2) is 9.28. The number of nitrogens with zero attached hydrogens (tertiary/aromatic N) is 1. The predicted molar refractivity (Wildman–Crippen MR) is 121 cm³/mol. The number of hydrogen-bond donors (Lipinski definition) is 2. The van der Waals surface area contributed by atoms with E-state index in [4.69, 9.17) is 0 Å². The number of amides is 2. The largest absolute Gasteiger partial charge is 0.346 e. The van der Waals surface area contributed by atoms with Gasteiger partial charge in [-0.25, -0.2) is 8.42 Å². The second-order valence-corrected chi connectivity index (χ2v) is 9.39. The average Bonchev–Trinajstić information content (AvgIpc) is 2.75. The van der Waals surface area contributed by atoms with Crippen LogP contribution in [0.15, 0.2) is 65.6 Å². The molecule has 7 nitrogen and oxygen atoms in total. The number of carbonyl (C=O) groups is 2. The van der Waals surface area contributed by atoms with Gasteiger partial charge in [-0.2, -0.15) is 4.31 Å². The van der Waals surface area contributed by atoms with Gasteiger partial charge in [0, 0.05) is 12.7 Å². The Hall–Kier alpha value is -3.23. The van der Waals surface area contributed by atoms with Gasteiger partial charge in [0.15, 0.2) is 0 Å². The Labute approximate surface area is 182 Å². The molecule has 0 aliphatic rings. The van der Waals surface area contributed by atoms with Crippen LogP contribution < -0.4 is 10.6 Å². The molecule has 2 N–H and O–H groups in total. The summed E-state index contributed by atoms with van der Waals surface area (Å²) in [4.78, 5) is 24.5. The van der Waals surface area contributed by atoms with E-state index in [1.54, 1.807) is 18.2 Å². The lowest BCUT2D eigenvalue weighted by atomic mass is 10.1. The third-order valence-corrected chi connectivity index (χ3v) is 6.92. The number of hydrogen-bond acceptors (Lipinski definition) is 4. The highest BCUT2D eigenvalue weighted by Crippen LogP contribution is 2.21.